The van der Waals surface area contributed by atoms with Gasteiger partial charge in [0, 0.05) is 44.9 Å². The molecule has 0 N–H and O–H groups in total. The Morgan fingerprint density at radius 2 is 2.16 bits per heavy atom. The van der Waals surface area contributed by atoms with Gasteiger partial charge in [0.05, 0.1) is 17.9 Å². The molecule has 1 spiro atoms. The lowest BCUT2D eigenvalue weighted by atomic mass is 9.84. The van der Waals surface area contributed by atoms with Crippen molar-refractivity contribution in [1.29, 1.82) is 0 Å². The lowest BCUT2D eigenvalue weighted by molar-refractivity contribution is -0.0392. The summed E-state index contributed by atoms with van der Waals surface area (Å²) in [6.07, 6.45) is 10.7. The molecule has 4 rings (SSSR count). The molecule has 2 aromatic rings. The molecule has 0 saturated carbocycles. The molecule has 1 atom stereocenters. The maximum atomic E-state index is 12.6. The van der Waals surface area contributed by atoms with Gasteiger partial charge in [0.15, 0.2) is 0 Å². The maximum Gasteiger partial charge on any atom is 0.272 e. The summed E-state index contributed by atoms with van der Waals surface area (Å²) in [5.41, 5.74) is 1.59. The lowest BCUT2D eigenvalue weighted by Gasteiger charge is -2.38. The van der Waals surface area contributed by atoms with E-state index in [2.05, 4.69) is 15.1 Å². The molecule has 2 aromatic heterocycles. The van der Waals surface area contributed by atoms with Crippen LogP contribution in [0.15, 0.2) is 30.9 Å². The standard InChI is InChI=1S/C18H23N5O2/c1-22-16(2-5-21-22)17(24)23-8-3-18(4-9-23)11-14(13-25-18)10-15-12-19-6-7-20-15/h2,5-7,12,14H,3-4,8-11,13H2,1H3/t14-/m1/s1. The highest BCUT2D eigenvalue weighted by Crippen LogP contribution is 2.39. The van der Waals surface area contributed by atoms with Crippen molar-refractivity contribution in [2.45, 2.75) is 31.3 Å². The van der Waals surface area contributed by atoms with Gasteiger partial charge in [-0.25, -0.2) is 0 Å². The molecule has 0 bridgehead atoms. The van der Waals surface area contributed by atoms with Gasteiger partial charge < -0.3 is 9.64 Å². The summed E-state index contributed by atoms with van der Waals surface area (Å²) in [6, 6.07) is 1.77. The Kier molecular flexibility index (Phi) is 4.25. The van der Waals surface area contributed by atoms with Gasteiger partial charge in [-0.15, -0.1) is 0 Å². The number of piperidine rings is 1. The minimum atomic E-state index is -0.0733. The fourth-order valence-electron chi connectivity index (χ4n) is 4.01. The van der Waals surface area contributed by atoms with Crippen molar-refractivity contribution in [3.8, 4) is 0 Å². The van der Waals surface area contributed by atoms with Crippen LogP contribution in [0, 0.1) is 5.92 Å². The quantitative estimate of drug-likeness (QED) is 0.845. The SMILES string of the molecule is Cn1nccc1C(=O)N1CCC2(CC1)C[C@@H](Cc1cnccn1)CO2. The average molecular weight is 341 g/mol. The Bertz CT molecular complexity index is 737. The first-order chi connectivity index (χ1) is 12.2. The number of aryl methyl sites for hydroxylation is 1. The summed E-state index contributed by atoms with van der Waals surface area (Å²) in [4.78, 5) is 23.0. The molecule has 1 amide bonds. The summed E-state index contributed by atoms with van der Waals surface area (Å²) in [5.74, 6) is 0.542. The number of nitrogens with zero attached hydrogens (tertiary/aromatic N) is 5. The Balaban J connectivity index is 1.34. The summed E-state index contributed by atoms with van der Waals surface area (Å²) in [7, 11) is 1.80. The van der Waals surface area contributed by atoms with E-state index in [1.54, 1.807) is 36.4 Å². The van der Waals surface area contributed by atoms with E-state index in [1.807, 2.05) is 11.1 Å². The summed E-state index contributed by atoms with van der Waals surface area (Å²) in [6.45, 7) is 2.25. The molecule has 0 aromatic carbocycles. The number of aromatic nitrogens is 4. The normalized spacial score (nSPS) is 22.4. The van der Waals surface area contributed by atoms with Crippen molar-refractivity contribution in [2.24, 2.45) is 13.0 Å². The summed E-state index contributed by atoms with van der Waals surface area (Å²) >= 11 is 0. The Hall–Kier alpha value is -2.28. The molecule has 0 radical (unpaired) electrons. The van der Waals surface area contributed by atoms with Crippen LogP contribution in [0.4, 0.5) is 0 Å². The van der Waals surface area contributed by atoms with Gasteiger partial charge in [0.25, 0.3) is 5.91 Å². The topological polar surface area (TPSA) is 73.1 Å². The third-order valence-corrected chi connectivity index (χ3v) is 5.40. The molecular formula is C18H23N5O2. The van der Waals surface area contributed by atoms with E-state index in [1.165, 1.54) is 0 Å². The van der Waals surface area contributed by atoms with E-state index in [-0.39, 0.29) is 11.5 Å². The molecule has 2 saturated heterocycles. The smallest absolute Gasteiger partial charge is 0.272 e. The summed E-state index contributed by atoms with van der Waals surface area (Å²) < 4.78 is 7.84. The van der Waals surface area contributed by atoms with E-state index in [4.69, 9.17) is 4.74 Å². The van der Waals surface area contributed by atoms with Gasteiger partial charge in [-0.05, 0) is 37.7 Å². The number of hydrogen-bond donors (Lipinski definition) is 0. The number of amides is 1. The Labute approximate surface area is 147 Å². The largest absolute Gasteiger partial charge is 0.375 e. The fourth-order valence-corrected chi connectivity index (χ4v) is 4.01. The molecule has 25 heavy (non-hydrogen) atoms. The lowest BCUT2D eigenvalue weighted by Crippen LogP contribution is -2.46. The zero-order chi connectivity index (χ0) is 17.3. The number of likely N-dealkylation sites (tertiary alicyclic amines) is 1. The first-order valence-electron chi connectivity index (χ1n) is 8.81. The van der Waals surface area contributed by atoms with Crippen molar-refractivity contribution in [3.05, 3.63) is 42.2 Å². The molecule has 2 aliphatic rings. The minimum absolute atomic E-state index is 0.0592. The van der Waals surface area contributed by atoms with Crippen LogP contribution >= 0.6 is 0 Å². The van der Waals surface area contributed by atoms with E-state index < -0.39 is 0 Å². The predicted octanol–water partition coefficient (Wildman–Crippen LogP) is 1.46. The van der Waals surface area contributed by atoms with Gasteiger partial charge in [0.2, 0.25) is 0 Å². The third-order valence-electron chi connectivity index (χ3n) is 5.40. The van der Waals surface area contributed by atoms with Gasteiger partial charge in [-0.2, -0.15) is 5.10 Å². The number of carbonyl (C=O) groups excluding carboxylic acids is 1. The van der Waals surface area contributed by atoms with E-state index in [0.29, 0.717) is 11.6 Å². The van der Waals surface area contributed by atoms with E-state index in [9.17, 15) is 4.79 Å². The number of rotatable bonds is 3. The first kappa shape index (κ1) is 16.2. The van der Waals surface area contributed by atoms with Crippen molar-refractivity contribution < 1.29 is 9.53 Å². The molecule has 7 nitrogen and oxygen atoms in total. The molecule has 0 unspecified atom stereocenters. The van der Waals surface area contributed by atoms with Gasteiger partial charge in [-0.3, -0.25) is 19.4 Å². The van der Waals surface area contributed by atoms with Gasteiger partial charge in [-0.1, -0.05) is 0 Å². The molecule has 2 fully saturated rings. The van der Waals surface area contributed by atoms with E-state index in [0.717, 1.165) is 51.1 Å². The highest BCUT2D eigenvalue weighted by atomic mass is 16.5. The molecule has 132 valence electrons. The fraction of sp³-hybridized carbons (Fsp3) is 0.556. The van der Waals surface area contributed by atoms with Crippen LogP contribution in [0.3, 0.4) is 0 Å². The highest BCUT2D eigenvalue weighted by Gasteiger charge is 2.43. The van der Waals surface area contributed by atoms with Crippen LogP contribution in [-0.4, -0.2) is 55.9 Å². The molecular weight excluding hydrogens is 318 g/mol. The van der Waals surface area contributed by atoms with Crippen molar-refractivity contribution in [1.82, 2.24) is 24.6 Å². The predicted molar refractivity (Wildman–Crippen MR) is 90.9 cm³/mol. The minimum Gasteiger partial charge on any atom is -0.375 e. The highest BCUT2D eigenvalue weighted by molar-refractivity contribution is 5.92. The van der Waals surface area contributed by atoms with Crippen LogP contribution in [0.5, 0.6) is 0 Å². The zero-order valence-corrected chi connectivity index (χ0v) is 14.5. The average Bonchev–Trinajstić information content (AvgIpc) is 3.23. The van der Waals surface area contributed by atoms with Crippen LogP contribution in [-0.2, 0) is 18.2 Å². The molecule has 0 aliphatic carbocycles. The van der Waals surface area contributed by atoms with Gasteiger partial charge in [0.1, 0.15) is 5.69 Å². The zero-order valence-electron chi connectivity index (χ0n) is 14.5. The first-order valence-corrected chi connectivity index (χ1v) is 8.81. The van der Waals surface area contributed by atoms with Crippen LogP contribution in [0.2, 0.25) is 0 Å². The molecule has 2 aliphatic heterocycles. The number of carbonyl (C=O) groups is 1. The second kappa shape index (κ2) is 6.55. The molecule has 7 heteroatoms. The van der Waals surface area contributed by atoms with E-state index >= 15 is 0 Å². The van der Waals surface area contributed by atoms with Gasteiger partial charge >= 0.3 is 0 Å². The Morgan fingerprint density at radius 1 is 1.32 bits per heavy atom. The van der Waals surface area contributed by atoms with Crippen LogP contribution in [0.1, 0.15) is 35.4 Å². The molecule has 4 heterocycles. The summed E-state index contributed by atoms with van der Waals surface area (Å²) in [5, 5.41) is 4.09. The number of hydrogen-bond acceptors (Lipinski definition) is 5. The van der Waals surface area contributed by atoms with Crippen LogP contribution in [0.25, 0.3) is 0 Å². The van der Waals surface area contributed by atoms with Crippen molar-refractivity contribution in [3.63, 3.8) is 0 Å². The monoisotopic (exact) mass is 341 g/mol. The second-order valence-electron chi connectivity index (χ2n) is 7.10. The third kappa shape index (κ3) is 3.28. The van der Waals surface area contributed by atoms with Crippen molar-refractivity contribution in [2.75, 3.05) is 19.7 Å². The Morgan fingerprint density at radius 3 is 2.84 bits per heavy atom. The second-order valence-corrected chi connectivity index (χ2v) is 7.10. The number of ether oxygens (including phenoxy) is 1. The van der Waals surface area contributed by atoms with Crippen molar-refractivity contribution >= 4 is 5.91 Å². The maximum absolute atomic E-state index is 12.6. The van der Waals surface area contributed by atoms with Crippen LogP contribution < -0.4 is 0 Å².